The van der Waals surface area contributed by atoms with Gasteiger partial charge in [-0.1, -0.05) is 29.4 Å². The number of nitrogens with zero attached hydrogens (tertiary/aromatic N) is 3. The average molecular weight is 307 g/mol. The van der Waals surface area contributed by atoms with Crippen molar-refractivity contribution in [2.75, 3.05) is 26.7 Å². The molecule has 2 heterocycles. The standard InChI is InChI=1S/C15H18N4O.ClH/c1-19-7-6-16-9-13(19)14-17-15(20-18-14)12-8-10-4-2-3-5-11(10)12;/h2-5,12-13,16H,6-9H2,1H3;1H. The quantitative estimate of drug-likeness (QED) is 0.916. The van der Waals surface area contributed by atoms with Gasteiger partial charge >= 0.3 is 0 Å². The zero-order chi connectivity index (χ0) is 13.5. The molecule has 5 nitrogen and oxygen atoms in total. The van der Waals surface area contributed by atoms with E-state index in [1.165, 1.54) is 11.1 Å². The first-order valence-electron chi connectivity index (χ1n) is 7.15. The number of nitrogens with one attached hydrogen (secondary N) is 1. The SMILES string of the molecule is CN1CCNCC1c1noc(C2Cc3ccccc32)n1.Cl. The molecule has 1 aromatic heterocycles. The predicted octanol–water partition coefficient (Wildman–Crippen LogP) is 1.76. The smallest absolute Gasteiger partial charge is 0.234 e. The van der Waals surface area contributed by atoms with E-state index in [2.05, 4.69) is 51.7 Å². The second-order valence-electron chi connectivity index (χ2n) is 5.65. The number of halogens is 1. The van der Waals surface area contributed by atoms with E-state index in [9.17, 15) is 0 Å². The number of fused-ring (bicyclic) bond motifs is 1. The highest BCUT2D eigenvalue weighted by molar-refractivity contribution is 5.85. The molecule has 0 spiro atoms. The maximum Gasteiger partial charge on any atom is 0.234 e. The molecule has 1 aliphatic carbocycles. The number of piperazine rings is 1. The van der Waals surface area contributed by atoms with E-state index < -0.39 is 0 Å². The summed E-state index contributed by atoms with van der Waals surface area (Å²) in [4.78, 5) is 6.92. The van der Waals surface area contributed by atoms with Gasteiger partial charge < -0.3 is 9.84 Å². The van der Waals surface area contributed by atoms with Gasteiger partial charge in [0.1, 0.15) is 0 Å². The highest BCUT2D eigenvalue weighted by atomic mass is 35.5. The molecule has 1 saturated heterocycles. The topological polar surface area (TPSA) is 54.2 Å². The van der Waals surface area contributed by atoms with Crippen molar-refractivity contribution >= 4 is 12.4 Å². The summed E-state index contributed by atoms with van der Waals surface area (Å²) < 4.78 is 5.51. The minimum atomic E-state index is 0. The number of aromatic nitrogens is 2. The normalized spacial score (nSPS) is 24.8. The molecule has 0 bridgehead atoms. The van der Waals surface area contributed by atoms with Crippen LogP contribution in [0.15, 0.2) is 28.8 Å². The molecule has 2 aromatic rings. The van der Waals surface area contributed by atoms with Gasteiger partial charge in [-0.25, -0.2) is 0 Å². The van der Waals surface area contributed by atoms with Crippen LogP contribution in [0.5, 0.6) is 0 Å². The summed E-state index contributed by atoms with van der Waals surface area (Å²) in [5.74, 6) is 1.85. The van der Waals surface area contributed by atoms with Gasteiger partial charge in [-0.05, 0) is 24.6 Å². The van der Waals surface area contributed by atoms with E-state index in [-0.39, 0.29) is 24.4 Å². The van der Waals surface area contributed by atoms with Crippen molar-refractivity contribution in [3.05, 3.63) is 47.1 Å². The molecule has 0 amide bonds. The van der Waals surface area contributed by atoms with E-state index in [1.807, 2.05) is 0 Å². The lowest BCUT2D eigenvalue weighted by atomic mass is 9.77. The van der Waals surface area contributed by atoms with Gasteiger partial charge in [0.15, 0.2) is 5.82 Å². The van der Waals surface area contributed by atoms with Crippen LogP contribution in [-0.2, 0) is 6.42 Å². The fourth-order valence-corrected chi connectivity index (χ4v) is 3.10. The molecule has 1 aromatic carbocycles. The van der Waals surface area contributed by atoms with E-state index >= 15 is 0 Å². The van der Waals surface area contributed by atoms with Crippen molar-refractivity contribution in [2.45, 2.75) is 18.4 Å². The van der Waals surface area contributed by atoms with Crippen LogP contribution in [0.1, 0.15) is 34.8 Å². The summed E-state index contributed by atoms with van der Waals surface area (Å²) in [6.45, 7) is 2.92. The Balaban J connectivity index is 0.00000132. The maximum absolute atomic E-state index is 5.51. The minimum Gasteiger partial charge on any atom is -0.339 e. The van der Waals surface area contributed by atoms with Crippen LogP contribution in [0, 0.1) is 0 Å². The highest BCUT2D eigenvalue weighted by Gasteiger charge is 2.33. The van der Waals surface area contributed by atoms with Gasteiger partial charge in [-0.15, -0.1) is 12.4 Å². The molecule has 21 heavy (non-hydrogen) atoms. The first kappa shape index (κ1) is 14.5. The third kappa shape index (κ3) is 2.46. The molecule has 1 aliphatic heterocycles. The van der Waals surface area contributed by atoms with Crippen LogP contribution in [0.2, 0.25) is 0 Å². The second-order valence-corrected chi connectivity index (χ2v) is 5.65. The molecule has 1 fully saturated rings. The third-order valence-corrected chi connectivity index (χ3v) is 4.42. The van der Waals surface area contributed by atoms with Gasteiger partial charge in [0.25, 0.3) is 0 Å². The molecule has 2 atom stereocenters. The maximum atomic E-state index is 5.51. The number of hydrogen-bond acceptors (Lipinski definition) is 5. The molecule has 0 radical (unpaired) electrons. The van der Waals surface area contributed by atoms with Gasteiger partial charge in [-0.3, -0.25) is 4.90 Å². The monoisotopic (exact) mass is 306 g/mol. The first-order valence-corrected chi connectivity index (χ1v) is 7.15. The summed E-state index contributed by atoms with van der Waals surface area (Å²) in [5.41, 5.74) is 2.73. The summed E-state index contributed by atoms with van der Waals surface area (Å²) in [7, 11) is 2.11. The fourth-order valence-electron chi connectivity index (χ4n) is 3.10. The Bertz CT molecular complexity index is 630. The van der Waals surface area contributed by atoms with Crippen LogP contribution in [-0.4, -0.2) is 41.7 Å². The number of likely N-dealkylation sites (N-methyl/N-ethyl adjacent to an activating group) is 1. The lowest BCUT2D eigenvalue weighted by Crippen LogP contribution is -2.44. The average Bonchev–Trinajstić information content (AvgIpc) is 2.90. The molecular formula is C15H19ClN4O. The van der Waals surface area contributed by atoms with Crippen molar-refractivity contribution in [3.63, 3.8) is 0 Å². The van der Waals surface area contributed by atoms with Crippen molar-refractivity contribution in [2.24, 2.45) is 0 Å². The van der Waals surface area contributed by atoms with Crippen LogP contribution in [0.4, 0.5) is 0 Å². The highest BCUT2D eigenvalue weighted by Crippen LogP contribution is 2.39. The lowest BCUT2D eigenvalue weighted by molar-refractivity contribution is 0.190. The van der Waals surface area contributed by atoms with E-state index in [1.54, 1.807) is 0 Å². The van der Waals surface area contributed by atoms with Crippen LogP contribution in [0.25, 0.3) is 0 Å². The largest absolute Gasteiger partial charge is 0.339 e. The summed E-state index contributed by atoms with van der Waals surface area (Å²) in [6, 6.07) is 8.69. The Kier molecular flexibility index (Phi) is 3.97. The molecule has 2 aliphatic rings. The first-order chi connectivity index (χ1) is 9.83. The Morgan fingerprint density at radius 1 is 1.33 bits per heavy atom. The predicted molar refractivity (Wildman–Crippen MR) is 81.8 cm³/mol. The van der Waals surface area contributed by atoms with Crippen molar-refractivity contribution in [1.29, 1.82) is 0 Å². The van der Waals surface area contributed by atoms with Crippen LogP contribution >= 0.6 is 12.4 Å². The van der Waals surface area contributed by atoms with E-state index in [4.69, 9.17) is 4.52 Å². The Hall–Kier alpha value is -1.43. The van der Waals surface area contributed by atoms with Gasteiger partial charge in [-0.2, -0.15) is 4.98 Å². The lowest BCUT2D eigenvalue weighted by Gasteiger charge is -2.30. The van der Waals surface area contributed by atoms with Crippen molar-refractivity contribution in [3.8, 4) is 0 Å². The molecule has 6 heteroatoms. The Morgan fingerprint density at radius 2 is 2.19 bits per heavy atom. The summed E-state index contributed by atoms with van der Waals surface area (Å²) in [6.07, 6.45) is 1.01. The molecule has 1 N–H and O–H groups in total. The van der Waals surface area contributed by atoms with Crippen LogP contribution in [0.3, 0.4) is 0 Å². The molecular weight excluding hydrogens is 288 g/mol. The van der Waals surface area contributed by atoms with Gasteiger partial charge in [0.2, 0.25) is 5.89 Å². The Morgan fingerprint density at radius 3 is 3.00 bits per heavy atom. The molecule has 2 unspecified atom stereocenters. The fraction of sp³-hybridized carbons (Fsp3) is 0.467. The van der Waals surface area contributed by atoms with E-state index in [0.717, 1.165) is 37.8 Å². The number of hydrogen-bond donors (Lipinski definition) is 1. The zero-order valence-electron chi connectivity index (χ0n) is 12.0. The summed E-state index contributed by atoms with van der Waals surface area (Å²) >= 11 is 0. The van der Waals surface area contributed by atoms with Gasteiger partial charge in [0, 0.05) is 19.6 Å². The number of benzene rings is 1. The van der Waals surface area contributed by atoms with Gasteiger partial charge in [0.05, 0.1) is 12.0 Å². The second kappa shape index (κ2) is 5.75. The van der Waals surface area contributed by atoms with Crippen molar-refractivity contribution in [1.82, 2.24) is 20.4 Å². The number of rotatable bonds is 2. The molecule has 112 valence electrons. The van der Waals surface area contributed by atoms with E-state index in [0.29, 0.717) is 0 Å². The molecule has 4 rings (SSSR count). The third-order valence-electron chi connectivity index (χ3n) is 4.42. The van der Waals surface area contributed by atoms with Crippen molar-refractivity contribution < 1.29 is 4.52 Å². The Labute approximate surface area is 130 Å². The zero-order valence-corrected chi connectivity index (χ0v) is 12.8. The minimum absolute atomic E-state index is 0. The molecule has 0 saturated carbocycles. The van der Waals surface area contributed by atoms with Crippen LogP contribution < -0.4 is 5.32 Å². The summed E-state index contributed by atoms with van der Waals surface area (Å²) in [5, 5.41) is 7.58.